The van der Waals surface area contributed by atoms with Gasteiger partial charge in [0, 0.05) is 11.3 Å². The maximum absolute atomic E-state index is 12.7. The van der Waals surface area contributed by atoms with E-state index in [1.54, 1.807) is 11.3 Å². The number of ether oxygens (including phenoxy) is 1. The number of nitrogens with one attached hydrogen (secondary N) is 1. The molecule has 2 aromatic carbocycles. The van der Waals surface area contributed by atoms with Crippen LogP contribution in [0.2, 0.25) is 5.02 Å². The second-order valence-corrected chi connectivity index (χ2v) is 11.4. The van der Waals surface area contributed by atoms with Gasteiger partial charge < -0.3 is 10.1 Å². The van der Waals surface area contributed by atoms with E-state index < -0.39 is 0 Å². The average Bonchev–Trinajstić information content (AvgIpc) is 3.28. The van der Waals surface area contributed by atoms with Gasteiger partial charge in [0.15, 0.2) is 12.7 Å². The third-order valence-corrected chi connectivity index (χ3v) is 7.58. The fraction of sp³-hybridized carbons (Fsp3) is 0.484. The maximum atomic E-state index is 12.7. The number of hydrogen-bond acceptors (Lipinski definition) is 3. The molecule has 200 valence electrons. The highest BCUT2D eigenvalue weighted by Crippen LogP contribution is 2.26. The van der Waals surface area contributed by atoms with Gasteiger partial charge in [-0.15, -0.1) is 0 Å². The number of halogens is 1. The molecule has 6 heteroatoms. The van der Waals surface area contributed by atoms with Crippen LogP contribution in [0.1, 0.15) is 87.1 Å². The quantitative estimate of drug-likeness (QED) is 0.137. The van der Waals surface area contributed by atoms with Crippen LogP contribution in [-0.2, 0) is 17.8 Å². The molecule has 0 bridgehead atoms. The van der Waals surface area contributed by atoms with Crippen LogP contribution in [0.25, 0.3) is 0 Å². The number of carbonyl (C=O) groups excluding carboxylic acids is 1. The Kier molecular flexibility index (Phi) is 13.0. The number of unbranched alkanes of at least 4 members (excludes halogenated alkanes) is 9. The molecule has 1 amide bonds. The first-order valence-electron chi connectivity index (χ1n) is 13.8. The molecule has 3 rings (SSSR count). The van der Waals surface area contributed by atoms with Crippen LogP contribution in [0, 0.1) is 6.92 Å². The Morgan fingerprint density at radius 3 is 2.38 bits per heavy atom. The molecule has 0 aliphatic heterocycles. The van der Waals surface area contributed by atoms with E-state index in [2.05, 4.69) is 41.5 Å². The van der Waals surface area contributed by atoms with Gasteiger partial charge in [-0.25, -0.2) is 0 Å². The molecule has 0 aliphatic rings. The number of anilines is 1. The van der Waals surface area contributed by atoms with Crippen molar-refractivity contribution in [1.29, 1.82) is 0 Å². The van der Waals surface area contributed by atoms with Gasteiger partial charge in [-0.3, -0.25) is 4.79 Å². The van der Waals surface area contributed by atoms with Gasteiger partial charge in [-0.05, 0) is 43.2 Å². The monoisotopic (exact) mass is 541 g/mol. The molecular formula is C31H42ClN2O2S+. The summed E-state index contributed by atoms with van der Waals surface area (Å²) in [4.78, 5) is 14.0. The van der Waals surface area contributed by atoms with Crippen molar-refractivity contribution < 1.29 is 14.1 Å². The molecule has 0 unspecified atom stereocenters. The van der Waals surface area contributed by atoms with Crippen molar-refractivity contribution in [2.24, 2.45) is 0 Å². The minimum Gasteiger partial charge on any atom is -0.492 e. The smallest absolute Gasteiger partial charge is 0.228 e. The SMILES string of the molecule is CCCCCCCCCCCCOc1cc(CC(=O)Nc2cccc(C[n+]3csc(C)c3)c2)ccc1Cl. The molecule has 0 saturated carbocycles. The van der Waals surface area contributed by atoms with E-state index in [0.717, 1.165) is 29.8 Å². The van der Waals surface area contributed by atoms with E-state index in [-0.39, 0.29) is 12.3 Å². The van der Waals surface area contributed by atoms with Crippen molar-refractivity contribution in [2.75, 3.05) is 11.9 Å². The van der Waals surface area contributed by atoms with Gasteiger partial charge in [0.2, 0.25) is 11.4 Å². The Morgan fingerprint density at radius 1 is 0.946 bits per heavy atom. The third-order valence-electron chi connectivity index (χ3n) is 6.41. The molecular weight excluding hydrogens is 500 g/mol. The molecule has 0 aliphatic carbocycles. The standard InChI is InChI=1S/C31H41ClN2O2S/c1-3-4-5-6-7-8-9-10-11-12-18-36-30-20-26(16-17-29(30)32)21-31(35)33-28-15-13-14-27(19-28)23-34-22-25(2)37-24-34/h13-17,19-20,22,24H,3-12,18,21,23H2,1-2H3/p+1. The van der Waals surface area contributed by atoms with Gasteiger partial charge >= 0.3 is 0 Å². The van der Waals surface area contributed by atoms with E-state index in [1.807, 2.05) is 36.4 Å². The second kappa shape index (κ2) is 16.5. The van der Waals surface area contributed by atoms with E-state index in [4.69, 9.17) is 16.3 Å². The fourth-order valence-electron chi connectivity index (χ4n) is 4.42. The minimum atomic E-state index is -0.0563. The summed E-state index contributed by atoms with van der Waals surface area (Å²) >= 11 is 8.08. The van der Waals surface area contributed by atoms with Gasteiger partial charge in [-0.1, -0.05) is 106 Å². The summed E-state index contributed by atoms with van der Waals surface area (Å²) in [5, 5.41) is 3.62. The molecule has 0 atom stereocenters. The molecule has 0 fully saturated rings. The summed E-state index contributed by atoms with van der Waals surface area (Å²) in [5.74, 6) is 0.604. The second-order valence-electron chi connectivity index (χ2n) is 9.86. The lowest BCUT2D eigenvalue weighted by Crippen LogP contribution is -2.30. The minimum absolute atomic E-state index is 0.0563. The molecule has 0 spiro atoms. The lowest BCUT2D eigenvalue weighted by atomic mass is 10.1. The maximum Gasteiger partial charge on any atom is 0.228 e. The highest BCUT2D eigenvalue weighted by molar-refractivity contribution is 7.09. The first-order valence-corrected chi connectivity index (χ1v) is 15.0. The topological polar surface area (TPSA) is 42.2 Å². The highest BCUT2D eigenvalue weighted by atomic mass is 35.5. The summed E-state index contributed by atoms with van der Waals surface area (Å²) < 4.78 is 8.12. The normalized spacial score (nSPS) is 11.0. The zero-order valence-electron chi connectivity index (χ0n) is 22.4. The molecule has 37 heavy (non-hydrogen) atoms. The summed E-state index contributed by atoms with van der Waals surface area (Å²) in [6.07, 6.45) is 15.3. The van der Waals surface area contributed by atoms with Crippen LogP contribution in [0.4, 0.5) is 5.69 Å². The first-order chi connectivity index (χ1) is 18.0. The fourth-order valence-corrected chi connectivity index (χ4v) is 5.22. The van der Waals surface area contributed by atoms with Crippen molar-refractivity contribution in [2.45, 2.75) is 91.0 Å². The Bertz CT molecular complexity index is 1100. The number of aromatic nitrogens is 1. The van der Waals surface area contributed by atoms with Crippen molar-refractivity contribution in [3.63, 3.8) is 0 Å². The average molecular weight is 542 g/mol. The zero-order valence-corrected chi connectivity index (χ0v) is 24.0. The summed E-state index contributed by atoms with van der Waals surface area (Å²) in [6.45, 7) is 5.80. The van der Waals surface area contributed by atoms with Crippen LogP contribution >= 0.6 is 22.9 Å². The summed E-state index contributed by atoms with van der Waals surface area (Å²) in [6, 6.07) is 13.6. The van der Waals surface area contributed by atoms with Crippen molar-refractivity contribution in [3.05, 3.63) is 75.2 Å². The Labute approximate surface area is 232 Å². The van der Waals surface area contributed by atoms with Gasteiger partial charge in [0.05, 0.1) is 22.9 Å². The first kappa shape index (κ1) is 29.2. The van der Waals surface area contributed by atoms with Crippen molar-refractivity contribution in [1.82, 2.24) is 0 Å². The lowest BCUT2D eigenvalue weighted by molar-refractivity contribution is -0.683. The zero-order chi connectivity index (χ0) is 26.3. The number of carbonyl (C=O) groups is 1. The largest absolute Gasteiger partial charge is 0.492 e. The number of nitrogens with zero attached hydrogens (tertiary/aromatic N) is 1. The predicted molar refractivity (Wildman–Crippen MR) is 156 cm³/mol. The van der Waals surface area contributed by atoms with E-state index >= 15 is 0 Å². The molecule has 0 saturated heterocycles. The highest BCUT2D eigenvalue weighted by Gasteiger charge is 2.10. The lowest BCUT2D eigenvalue weighted by Gasteiger charge is -2.11. The number of benzene rings is 2. The Hall–Kier alpha value is -2.37. The van der Waals surface area contributed by atoms with Crippen LogP contribution in [-0.4, -0.2) is 12.5 Å². The number of amides is 1. The van der Waals surface area contributed by atoms with E-state index in [1.165, 1.54) is 62.7 Å². The van der Waals surface area contributed by atoms with Crippen LogP contribution in [0.5, 0.6) is 5.75 Å². The summed E-state index contributed by atoms with van der Waals surface area (Å²) in [5.41, 5.74) is 4.95. The molecule has 1 N–H and O–H groups in total. The van der Waals surface area contributed by atoms with Gasteiger partial charge in [0.1, 0.15) is 5.75 Å². The molecule has 1 aromatic heterocycles. The van der Waals surface area contributed by atoms with Crippen LogP contribution in [0.3, 0.4) is 0 Å². The van der Waals surface area contributed by atoms with E-state index in [0.29, 0.717) is 17.4 Å². The van der Waals surface area contributed by atoms with Crippen LogP contribution in [0.15, 0.2) is 54.2 Å². The molecule has 4 nitrogen and oxygen atoms in total. The Balaban J connectivity index is 1.38. The van der Waals surface area contributed by atoms with Crippen LogP contribution < -0.4 is 14.6 Å². The Morgan fingerprint density at radius 2 is 1.68 bits per heavy atom. The molecule has 1 heterocycles. The summed E-state index contributed by atoms with van der Waals surface area (Å²) in [7, 11) is 0. The van der Waals surface area contributed by atoms with Gasteiger partial charge in [0.25, 0.3) is 0 Å². The third kappa shape index (κ3) is 11.3. The van der Waals surface area contributed by atoms with Crippen molar-refractivity contribution in [3.8, 4) is 5.75 Å². The molecule has 3 aromatic rings. The van der Waals surface area contributed by atoms with Gasteiger partial charge in [-0.2, -0.15) is 4.57 Å². The van der Waals surface area contributed by atoms with Crippen molar-refractivity contribution >= 4 is 34.5 Å². The number of thiazole rings is 1. The number of aryl methyl sites for hydroxylation is 1. The van der Waals surface area contributed by atoms with E-state index in [9.17, 15) is 4.79 Å². The number of rotatable bonds is 17. The number of hydrogen-bond donors (Lipinski definition) is 1. The molecule has 0 radical (unpaired) electrons. The predicted octanol–water partition coefficient (Wildman–Crippen LogP) is 8.53.